The first-order valence-corrected chi connectivity index (χ1v) is 14.9. The monoisotopic (exact) mass is 619 g/mol. The molecule has 44 heavy (non-hydrogen) atoms. The lowest BCUT2D eigenvalue weighted by atomic mass is 9.75. The summed E-state index contributed by atoms with van der Waals surface area (Å²) in [6.45, 7) is 9.06. The predicted octanol–water partition coefficient (Wildman–Crippen LogP) is 4.71. The summed E-state index contributed by atoms with van der Waals surface area (Å²) in [7, 11) is 0. The number of likely N-dealkylation sites (N-methyl/N-ethyl adjacent to an activating group) is 1. The van der Waals surface area contributed by atoms with E-state index < -0.39 is 23.3 Å². The third-order valence-corrected chi connectivity index (χ3v) is 8.10. The molecule has 2 heterocycles. The molecule has 0 radical (unpaired) electrons. The summed E-state index contributed by atoms with van der Waals surface area (Å²) < 4.78 is 14.4. The number of fused-ring (bicyclic) bond motifs is 1. The van der Waals surface area contributed by atoms with Gasteiger partial charge in [0.25, 0.3) is 0 Å². The Labute approximate surface area is 261 Å². The van der Waals surface area contributed by atoms with Crippen molar-refractivity contribution in [2.45, 2.75) is 32.6 Å². The zero-order valence-corrected chi connectivity index (χ0v) is 25.7. The largest absolute Gasteiger partial charge is 0.328 e. The normalized spacial score (nSPS) is 15.9. The van der Waals surface area contributed by atoms with Gasteiger partial charge in [-0.15, -0.1) is 0 Å². The number of aliphatic imine (C=N–C) groups is 1. The van der Waals surface area contributed by atoms with E-state index in [2.05, 4.69) is 34.4 Å². The van der Waals surface area contributed by atoms with Gasteiger partial charge in [-0.3, -0.25) is 30.0 Å². The molecule has 0 unspecified atom stereocenters. The summed E-state index contributed by atoms with van der Waals surface area (Å²) in [5, 5.41) is 4.80. The molecule has 0 bridgehead atoms. The number of nitrogens with one attached hydrogen (secondary N) is 2. The van der Waals surface area contributed by atoms with Crippen molar-refractivity contribution >= 4 is 46.8 Å². The molecule has 0 spiro atoms. The molecule has 3 aromatic carbocycles. The first-order valence-electron chi connectivity index (χ1n) is 14.5. The molecule has 2 N–H and O–H groups in total. The number of amides is 5. The number of imide groups is 2. The van der Waals surface area contributed by atoms with Gasteiger partial charge in [0.1, 0.15) is 12.4 Å². The first-order chi connectivity index (χ1) is 21.2. The number of barbiturate groups is 1. The van der Waals surface area contributed by atoms with Crippen LogP contribution in [0.5, 0.6) is 0 Å². The molecule has 230 valence electrons. The van der Waals surface area contributed by atoms with Crippen LogP contribution in [-0.4, -0.2) is 67.1 Å². The minimum atomic E-state index is -1.31. The molecule has 2 aliphatic rings. The van der Waals surface area contributed by atoms with E-state index in [1.807, 2.05) is 6.07 Å². The second-order valence-corrected chi connectivity index (χ2v) is 10.7. The average Bonchev–Trinajstić information content (AvgIpc) is 3.14. The number of benzodiazepines with no additional fused rings is 1. The highest BCUT2D eigenvalue weighted by molar-refractivity contribution is 6.32. The molecule has 0 atom stereocenters. The third kappa shape index (κ3) is 6.71. The highest BCUT2D eigenvalue weighted by Gasteiger charge is 2.50. The van der Waals surface area contributed by atoms with E-state index in [-0.39, 0.29) is 18.3 Å². The van der Waals surface area contributed by atoms with Crippen LogP contribution in [0, 0.1) is 5.82 Å². The lowest BCUT2D eigenvalue weighted by Crippen LogP contribution is -2.64. The van der Waals surface area contributed by atoms with Crippen LogP contribution in [0.2, 0.25) is 5.02 Å². The van der Waals surface area contributed by atoms with E-state index in [9.17, 15) is 23.6 Å². The zero-order valence-electron chi connectivity index (χ0n) is 24.9. The fourth-order valence-corrected chi connectivity index (χ4v) is 5.53. The van der Waals surface area contributed by atoms with Crippen molar-refractivity contribution in [3.63, 3.8) is 0 Å². The molecule has 11 heteroatoms. The van der Waals surface area contributed by atoms with Crippen LogP contribution in [0.3, 0.4) is 0 Å². The minimum absolute atomic E-state index is 0.0196. The molecular formula is C33H35ClFN5O4. The Morgan fingerprint density at radius 2 is 1.52 bits per heavy atom. The van der Waals surface area contributed by atoms with Gasteiger partial charge in [-0.1, -0.05) is 74.8 Å². The van der Waals surface area contributed by atoms with Crippen molar-refractivity contribution in [2.24, 2.45) is 4.99 Å². The number of carbonyl (C=O) groups excluding carboxylic acids is 4. The number of rotatable bonds is 8. The van der Waals surface area contributed by atoms with E-state index >= 15 is 0 Å². The highest BCUT2D eigenvalue weighted by atomic mass is 35.5. The number of benzene rings is 3. The molecule has 3 aromatic rings. The van der Waals surface area contributed by atoms with Crippen molar-refractivity contribution in [3.05, 3.63) is 100 Å². The number of nitrogens with zero attached hydrogens (tertiary/aromatic N) is 3. The van der Waals surface area contributed by atoms with Crippen LogP contribution in [-0.2, 0) is 19.8 Å². The number of hydrogen-bond acceptors (Lipinski definition) is 6. The third-order valence-electron chi connectivity index (χ3n) is 7.87. The maximum atomic E-state index is 14.4. The van der Waals surface area contributed by atoms with Crippen molar-refractivity contribution < 1.29 is 23.6 Å². The topological polar surface area (TPSA) is 111 Å². The predicted molar refractivity (Wildman–Crippen MR) is 169 cm³/mol. The van der Waals surface area contributed by atoms with Crippen LogP contribution < -0.4 is 15.5 Å². The molecule has 5 amide bonds. The Bertz CT molecular complexity index is 1560. The van der Waals surface area contributed by atoms with Crippen LogP contribution in [0.1, 0.15) is 43.9 Å². The van der Waals surface area contributed by atoms with Crippen molar-refractivity contribution in [1.29, 1.82) is 0 Å². The van der Waals surface area contributed by atoms with Gasteiger partial charge < -0.3 is 9.80 Å². The van der Waals surface area contributed by atoms with Crippen LogP contribution in [0.25, 0.3) is 0 Å². The van der Waals surface area contributed by atoms with E-state index in [1.165, 1.54) is 6.07 Å². The number of anilines is 1. The highest BCUT2D eigenvalue weighted by Crippen LogP contribution is 2.31. The summed E-state index contributed by atoms with van der Waals surface area (Å²) in [5.74, 6) is -1.61. The summed E-state index contributed by atoms with van der Waals surface area (Å²) in [6.07, 6.45) is 0.294. The van der Waals surface area contributed by atoms with Crippen LogP contribution >= 0.6 is 11.6 Å². The van der Waals surface area contributed by atoms with Crippen molar-refractivity contribution in [1.82, 2.24) is 15.5 Å². The molecule has 0 saturated carbocycles. The van der Waals surface area contributed by atoms with Crippen LogP contribution in [0.15, 0.2) is 77.8 Å². The lowest BCUT2D eigenvalue weighted by Gasteiger charge is -2.33. The molecule has 5 rings (SSSR count). The van der Waals surface area contributed by atoms with Gasteiger partial charge in [-0.25, -0.2) is 9.18 Å². The number of hydrogen-bond donors (Lipinski definition) is 2. The molecule has 0 aromatic heterocycles. The Morgan fingerprint density at radius 3 is 2.14 bits per heavy atom. The quantitative estimate of drug-likeness (QED) is 0.355. The smallest absolute Gasteiger partial charge is 0.309 e. The van der Waals surface area contributed by atoms with Gasteiger partial charge in [0.2, 0.25) is 17.7 Å². The second kappa shape index (κ2) is 14.4. The minimum Gasteiger partial charge on any atom is -0.309 e. The summed E-state index contributed by atoms with van der Waals surface area (Å²) in [5.41, 5.74) is 1.51. The molecule has 0 aliphatic carbocycles. The standard InChI is InChI=1S/C21H23ClFN3O.C12H12N2O3/c1-3-25(4-2)11-12-26-19-10-9-15(22)13-17(19)21(24-14-20(26)27)16-7-5-6-8-18(16)23;1-2-12(8-6-4-3-5-7-8)9(15)13-11(17)14-10(12)16/h5-10,13H,3-4,11-12,14H2,1-2H3;3-7H,2H2,1H3,(H2,13,14,15,16,17). The van der Waals surface area contributed by atoms with E-state index in [1.54, 1.807) is 72.5 Å². The van der Waals surface area contributed by atoms with Crippen molar-refractivity contribution in [2.75, 3.05) is 37.6 Å². The molecular weight excluding hydrogens is 585 g/mol. The Kier molecular flexibility index (Phi) is 10.6. The lowest BCUT2D eigenvalue weighted by molar-refractivity contribution is -0.138. The summed E-state index contributed by atoms with van der Waals surface area (Å²) in [4.78, 5) is 56.2. The Morgan fingerprint density at radius 1 is 0.886 bits per heavy atom. The van der Waals surface area contributed by atoms with Gasteiger partial charge in [0.05, 0.1) is 11.4 Å². The Balaban J connectivity index is 0.000000223. The molecule has 9 nitrogen and oxygen atoms in total. The van der Waals surface area contributed by atoms with Gasteiger partial charge in [-0.2, -0.15) is 0 Å². The SMILES string of the molecule is CCC1(c2ccccc2)C(=O)NC(=O)NC1=O.CCN(CC)CCN1C(=O)CN=C(c2ccccc2F)c2cc(Cl)ccc21. The van der Waals surface area contributed by atoms with Gasteiger partial charge >= 0.3 is 6.03 Å². The first kappa shape index (κ1) is 32.5. The summed E-state index contributed by atoms with van der Waals surface area (Å²) in [6, 6.07) is 19.8. The van der Waals surface area contributed by atoms with Crippen molar-refractivity contribution in [3.8, 4) is 0 Å². The average molecular weight is 620 g/mol. The number of carbonyl (C=O) groups is 4. The Hall–Kier alpha value is -4.41. The summed E-state index contributed by atoms with van der Waals surface area (Å²) >= 11 is 6.22. The maximum Gasteiger partial charge on any atom is 0.328 e. The van der Waals surface area contributed by atoms with Crippen LogP contribution in [0.4, 0.5) is 14.9 Å². The van der Waals surface area contributed by atoms with Gasteiger partial charge in [0.15, 0.2) is 5.41 Å². The maximum absolute atomic E-state index is 14.4. The molecule has 1 saturated heterocycles. The van der Waals surface area contributed by atoms with Gasteiger partial charge in [-0.05, 0) is 55.4 Å². The molecule has 1 fully saturated rings. The zero-order chi connectivity index (χ0) is 31.9. The molecule has 2 aliphatic heterocycles. The fourth-order valence-electron chi connectivity index (χ4n) is 5.36. The fraction of sp³-hybridized carbons (Fsp3) is 0.303. The van der Waals surface area contributed by atoms with E-state index in [0.717, 1.165) is 25.3 Å². The number of urea groups is 1. The van der Waals surface area contributed by atoms with E-state index in [0.29, 0.717) is 40.4 Å². The number of halogens is 2. The van der Waals surface area contributed by atoms with E-state index in [4.69, 9.17) is 11.6 Å². The van der Waals surface area contributed by atoms with Gasteiger partial charge in [0, 0.05) is 29.2 Å². The second-order valence-electron chi connectivity index (χ2n) is 10.2.